The minimum atomic E-state index is -2.75. The molecule has 0 aromatic heterocycles. The maximum atomic E-state index is 12.1. The highest BCUT2D eigenvalue weighted by molar-refractivity contribution is 5.28. The minimum absolute atomic E-state index is 0.256. The van der Waals surface area contributed by atoms with Gasteiger partial charge < -0.3 is 10.1 Å². The van der Waals surface area contributed by atoms with Gasteiger partial charge in [-0.3, -0.25) is 0 Å². The third-order valence-electron chi connectivity index (χ3n) is 3.11. The summed E-state index contributed by atoms with van der Waals surface area (Å²) >= 11 is 0. The van der Waals surface area contributed by atoms with E-state index in [0.717, 1.165) is 37.9 Å². The number of ether oxygens (including phenoxy) is 1. The fourth-order valence-corrected chi connectivity index (χ4v) is 2.27. The molecule has 0 bridgehead atoms. The lowest BCUT2D eigenvalue weighted by Gasteiger charge is -2.22. The normalized spacial score (nSPS) is 17.4. The van der Waals surface area contributed by atoms with Crippen molar-refractivity contribution in [3.63, 3.8) is 0 Å². The van der Waals surface area contributed by atoms with Gasteiger partial charge in [-0.25, -0.2) is 0 Å². The maximum absolute atomic E-state index is 12.1. The number of hydrogen-bond acceptors (Lipinski definition) is 2. The van der Waals surface area contributed by atoms with Gasteiger partial charge in [0.15, 0.2) is 0 Å². The fraction of sp³-hybridized carbons (Fsp3) is 0.538. The predicted octanol–water partition coefficient (Wildman–Crippen LogP) is 2.83. The Morgan fingerprint density at radius 3 is 2.76 bits per heavy atom. The van der Waals surface area contributed by atoms with Gasteiger partial charge >= 0.3 is 6.61 Å². The van der Waals surface area contributed by atoms with Gasteiger partial charge in [0, 0.05) is 0 Å². The number of nitrogens with one attached hydrogen (secondary N) is 1. The molecule has 0 atom stereocenters. The molecule has 17 heavy (non-hydrogen) atoms. The summed E-state index contributed by atoms with van der Waals surface area (Å²) in [5, 5.41) is 3.31. The molecule has 0 unspecified atom stereocenters. The van der Waals surface area contributed by atoms with Crippen molar-refractivity contribution in [2.45, 2.75) is 25.9 Å². The van der Waals surface area contributed by atoms with E-state index in [-0.39, 0.29) is 5.75 Å². The van der Waals surface area contributed by atoms with Crippen LogP contribution in [-0.2, 0) is 6.42 Å². The molecule has 1 aromatic carbocycles. The van der Waals surface area contributed by atoms with Gasteiger partial charge in [0.2, 0.25) is 0 Å². The molecule has 0 radical (unpaired) electrons. The molecule has 1 aliphatic heterocycles. The zero-order valence-corrected chi connectivity index (χ0v) is 9.66. The standard InChI is InChI=1S/C13H17F2NO/c14-13(15)17-12-3-1-2-11(9-12)8-10-4-6-16-7-5-10/h1-3,9-10,13,16H,4-8H2. The number of benzene rings is 1. The Morgan fingerprint density at radius 1 is 1.29 bits per heavy atom. The van der Waals surface area contributed by atoms with Crippen molar-refractivity contribution in [2.75, 3.05) is 13.1 Å². The molecule has 0 aliphatic carbocycles. The van der Waals surface area contributed by atoms with Crippen molar-refractivity contribution >= 4 is 0 Å². The smallest absolute Gasteiger partial charge is 0.387 e. The van der Waals surface area contributed by atoms with E-state index in [1.165, 1.54) is 0 Å². The molecule has 1 saturated heterocycles. The summed E-state index contributed by atoms with van der Waals surface area (Å²) in [6.45, 7) is -0.639. The second-order valence-electron chi connectivity index (χ2n) is 4.42. The molecule has 0 saturated carbocycles. The van der Waals surface area contributed by atoms with Crippen LogP contribution in [-0.4, -0.2) is 19.7 Å². The molecule has 94 valence electrons. The molecule has 1 N–H and O–H groups in total. The second-order valence-corrected chi connectivity index (χ2v) is 4.42. The molecule has 2 nitrogen and oxygen atoms in total. The SMILES string of the molecule is FC(F)Oc1cccc(CC2CCNCC2)c1. The summed E-state index contributed by atoms with van der Waals surface area (Å²) in [4.78, 5) is 0. The summed E-state index contributed by atoms with van der Waals surface area (Å²) in [6.07, 6.45) is 3.25. The lowest BCUT2D eigenvalue weighted by atomic mass is 9.91. The van der Waals surface area contributed by atoms with Gasteiger partial charge in [-0.2, -0.15) is 8.78 Å². The largest absolute Gasteiger partial charge is 0.435 e. The van der Waals surface area contributed by atoms with E-state index in [0.29, 0.717) is 5.92 Å². The van der Waals surface area contributed by atoms with Crippen LogP contribution < -0.4 is 10.1 Å². The van der Waals surface area contributed by atoms with Crippen molar-refractivity contribution in [3.8, 4) is 5.75 Å². The molecule has 2 rings (SSSR count). The first-order valence-electron chi connectivity index (χ1n) is 5.98. The molecule has 0 amide bonds. The first-order valence-corrected chi connectivity index (χ1v) is 5.98. The number of hydrogen-bond donors (Lipinski definition) is 1. The van der Waals surface area contributed by atoms with Crippen molar-refractivity contribution in [3.05, 3.63) is 29.8 Å². The molecular weight excluding hydrogens is 224 g/mol. The van der Waals surface area contributed by atoms with E-state index in [1.54, 1.807) is 18.2 Å². The number of halogens is 2. The lowest BCUT2D eigenvalue weighted by molar-refractivity contribution is -0.0498. The minimum Gasteiger partial charge on any atom is -0.435 e. The Hall–Kier alpha value is -1.16. The van der Waals surface area contributed by atoms with E-state index in [2.05, 4.69) is 10.1 Å². The van der Waals surface area contributed by atoms with Gasteiger partial charge in [-0.05, 0) is 56.0 Å². The summed E-state index contributed by atoms with van der Waals surface area (Å²) in [5.41, 5.74) is 1.08. The lowest BCUT2D eigenvalue weighted by Crippen LogP contribution is -2.28. The van der Waals surface area contributed by atoms with Crippen molar-refractivity contribution in [2.24, 2.45) is 5.92 Å². The van der Waals surface area contributed by atoms with E-state index in [1.807, 2.05) is 6.07 Å². The third-order valence-corrected chi connectivity index (χ3v) is 3.11. The average Bonchev–Trinajstić information content (AvgIpc) is 2.30. The highest BCUT2D eigenvalue weighted by Gasteiger charge is 2.14. The zero-order valence-electron chi connectivity index (χ0n) is 9.66. The average molecular weight is 241 g/mol. The Morgan fingerprint density at radius 2 is 2.06 bits per heavy atom. The third kappa shape index (κ3) is 3.97. The van der Waals surface area contributed by atoms with E-state index >= 15 is 0 Å². The number of rotatable bonds is 4. The number of alkyl halides is 2. The van der Waals surface area contributed by atoms with Gasteiger partial charge in [-0.1, -0.05) is 12.1 Å². The summed E-state index contributed by atoms with van der Waals surface area (Å²) in [6, 6.07) is 7.03. The Balaban J connectivity index is 1.95. The van der Waals surface area contributed by atoms with Gasteiger partial charge in [0.1, 0.15) is 5.75 Å². The van der Waals surface area contributed by atoms with Crippen LogP contribution in [0.25, 0.3) is 0 Å². The van der Waals surface area contributed by atoms with Crippen LogP contribution in [0, 0.1) is 5.92 Å². The predicted molar refractivity (Wildman–Crippen MR) is 62.4 cm³/mol. The van der Waals surface area contributed by atoms with Crippen LogP contribution in [0.2, 0.25) is 0 Å². The first kappa shape index (κ1) is 12.3. The topological polar surface area (TPSA) is 21.3 Å². The quantitative estimate of drug-likeness (QED) is 0.875. The first-order chi connectivity index (χ1) is 8.24. The van der Waals surface area contributed by atoms with E-state index in [9.17, 15) is 8.78 Å². The van der Waals surface area contributed by atoms with Gasteiger partial charge in [0.25, 0.3) is 0 Å². The molecule has 1 aromatic rings. The van der Waals surface area contributed by atoms with Crippen LogP contribution in [0.1, 0.15) is 18.4 Å². The van der Waals surface area contributed by atoms with Crippen LogP contribution in [0.3, 0.4) is 0 Å². The van der Waals surface area contributed by atoms with Crippen molar-refractivity contribution in [1.82, 2.24) is 5.32 Å². The fourth-order valence-electron chi connectivity index (χ4n) is 2.27. The van der Waals surface area contributed by atoms with Crippen molar-refractivity contribution in [1.29, 1.82) is 0 Å². The summed E-state index contributed by atoms with van der Waals surface area (Å²) in [7, 11) is 0. The highest BCUT2D eigenvalue weighted by Crippen LogP contribution is 2.21. The monoisotopic (exact) mass is 241 g/mol. The van der Waals surface area contributed by atoms with Gasteiger partial charge in [-0.15, -0.1) is 0 Å². The molecule has 4 heteroatoms. The van der Waals surface area contributed by atoms with Crippen LogP contribution >= 0.6 is 0 Å². The molecular formula is C13H17F2NO. The van der Waals surface area contributed by atoms with E-state index < -0.39 is 6.61 Å². The van der Waals surface area contributed by atoms with Crippen LogP contribution in [0.5, 0.6) is 5.75 Å². The molecule has 0 spiro atoms. The zero-order chi connectivity index (χ0) is 12.1. The van der Waals surface area contributed by atoms with Crippen LogP contribution in [0.15, 0.2) is 24.3 Å². The highest BCUT2D eigenvalue weighted by atomic mass is 19.3. The summed E-state index contributed by atoms with van der Waals surface area (Å²) < 4.78 is 28.6. The van der Waals surface area contributed by atoms with Gasteiger partial charge in [0.05, 0.1) is 0 Å². The number of piperidine rings is 1. The second kappa shape index (κ2) is 5.96. The molecule has 1 aliphatic rings. The van der Waals surface area contributed by atoms with E-state index in [4.69, 9.17) is 0 Å². The van der Waals surface area contributed by atoms with Crippen molar-refractivity contribution < 1.29 is 13.5 Å². The maximum Gasteiger partial charge on any atom is 0.387 e. The molecule has 1 fully saturated rings. The van der Waals surface area contributed by atoms with Crippen LogP contribution in [0.4, 0.5) is 8.78 Å². The Labute approximate surface area is 100.0 Å². The Kier molecular flexibility index (Phi) is 4.31. The summed E-state index contributed by atoms with van der Waals surface area (Å²) in [5.74, 6) is 0.907. The Bertz CT molecular complexity index is 351. The molecule has 1 heterocycles.